The fourth-order valence-corrected chi connectivity index (χ4v) is 4.34. The van der Waals surface area contributed by atoms with Crippen molar-refractivity contribution in [2.45, 2.75) is 57.9 Å². The van der Waals surface area contributed by atoms with Gasteiger partial charge in [0.05, 0.1) is 4.90 Å². The molecule has 1 N–H and O–H groups in total. The molecule has 1 aliphatic carbocycles. The fraction of sp³-hybridized carbons (Fsp3) is 0.625. The van der Waals surface area contributed by atoms with Crippen molar-refractivity contribution in [1.29, 1.82) is 0 Å². The molecular weight excluding hydrogens is 270 g/mol. The number of aryl methyl sites for hydroxylation is 2. The maximum Gasteiger partial charge on any atom is 0.240 e. The van der Waals surface area contributed by atoms with Crippen LogP contribution in [-0.4, -0.2) is 14.5 Å². The first-order valence-corrected chi connectivity index (χ1v) is 8.89. The summed E-state index contributed by atoms with van der Waals surface area (Å²) >= 11 is 0. The highest BCUT2D eigenvalue weighted by atomic mass is 32.2. The first-order valence-electron chi connectivity index (χ1n) is 7.41. The summed E-state index contributed by atoms with van der Waals surface area (Å²) in [6.45, 7) is 8.29. The number of rotatable bonds is 3. The molecule has 0 spiro atoms. The van der Waals surface area contributed by atoms with Gasteiger partial charge in [0.1, 0.15) is 0 Å². The molecule has 1 saturated carbocycles. The molecule has 112 valence electrons. The van der Waals surface area contributed by atoms with Crippen LogP contribution in [0.3, 0.4) is 0 Å². The Bertz CT molecular complexity index is 580. The third-order valence-corrected chi connectivity index (χ3v) is 6.29. The van der Waals surface area contributed by atoms with Crippen molar-refractivity contribution in [3.8, 4) is 0 Å². The zero-order valence-electron chi connectivity index (χ0n) is 12.8. The lowest BCUT2D eigenvalue weighted by atomic mass is 9.78. The summed E-state index contributed by atoms with van der Waals surface area (Å²) in [6, 6.07) is 5.39. The van der Waals surface area contributed by atoms with Crippen LogP contribution >= 0.6 is 0 Å². The van der Waals surface area contributed by atoms with Gasteiger partial charge in [-0.2, -0.15) is 0 Å². The molecule has 1 aromatic rings. The molecule has 0 aliphatic heterocycles. The van der Waals surface area contributed by atoms with E-state index in [-0.39, 0.29) is 6.04 Å². The summed E-state index contributed by atoms with van der Waals surface area (Å²) in [5, 5.41) is 0. The summed E-state index contributed by atoms with van der Waals surface area (Å²) in [5.74, 6) is 0.973. The molecular formula is C16H25NO2S. The van der Waals surface area contributed by atoms with Crippen LogP contribution in [0.4, 0.5) is 0 Å². The van der Waals surface area contributed by atoms with Crippen molar-refractivity contribution in [3.05, 3.63) is 29.3 Å². The lowest BCUT2D eigenvalue weighted by Crippen LogP contribution is -2.43. The van der Waals surface area contributed by atoms with Crippen molar-refractivity contribution >= 4 is 10.0 Å². The summed E-state index contributed by atoms with van der Waals surface area (Å²) in [5.41, 5.74) is 2.13. The lowest BCUT2D eigenvalue weighted by Gasteiger charge is -2.34. The molecule has 0 heterocycles. The van der Waals surface area contributed by atoms with E-state index in [1.807, 2.05) is 19.9 Å². The van der Waals surface area contributed by atoms with Crippen molar-refractivity contribution in [2.24, 2.45) is 11.8 Å². The van der Waals surface area contributed by atoms with Crippen LogP contribution in [0.25, 0.3) is 0 Å². The fourth-order valence-electron chi connectivity index (χ4n) is 2.90. The molecule has 1 aromatic carbocycles. The quantitative estimate of drug-likeness (QED) is 0.929. The molecule has 1 fully saturated rings. The summed E-state index contributed by atoms with van der Waals surface area (Å²) in [4.78, 5) is 0.381. The summed E-state index contributed by atoms with van der Waals surface area (Å²) in [6.07, 6.45) is 3.24. The molecule has 3 unspecified atom stereocenters. The Kier molecular flexibility index (Phi) is 4.55. The molecule has 0 amide bonds. The minimum absolute atomic E-state index is 0.0605. The van der Waals surface area contributed by atoms with E-state index in [0.29, 0.717) is 16.7 Å². The highest BCUT2D eigenvalue weighted by Crippen LogP contribution is 2.30. The first-order chi connectivity index (χ1) is 9.31. The predicted molar refractivity (Wildman–Crippen MR) is 82.2 cm³/mol. The smallest absolute Gasteiger partial charge is 0.208 e. The van der Waals surface area contributed by atoms with E-state index >= 15 is 0 Å². The van der Waals surface area contributed by atoms with Crippen molar-refractivity contribution in [3.63, 3.8) is 0 Å². The Morgan fingerprint density at radius 2 is 1.80 bits per heavy atom. The molecule has 3 atom stereocenters. The molecule has 3 nitrogen and oxygen atoms in total. The van der Waals surface area contributed by atoms with Crippen molar-refractivity contribution in [1.82, 2.24) is 4.72 Å². The van der Waals surface area contributed by atoms with Gasteiger partial charge in [-0.1, -0.05) is 32.8 Å². The van der Waals surface area contributed by atoms with Gasteiger partial charge in [0.15, 0.2) is 0 Å². The molecule has 0 aromatic heterocycles. The van der Waals surface area contributed by atoms with Gasteiger partial charge in [0, 0.05) is 6.04 Å². The van der Waals surface area contributed by atoms with E-state index in [0.717, 1.165) is 24.0 Å². The van der Waals surface area contributed by atoms with Crippen LogP contribution in [0.5, 0.6) is 0 Å². The molecule has 1 aliphatic rings. The van der Waals surface area contributed by atoms with Gasteiger partial charge in [0.2, 0.25) is 10.0 Å². The highest BCUT2D eigenvalue weighted by molar-refractivity contribution is 7.89. The van der Waals surface area contributed by atoms with E-state index in [1.165, 1.54) is 6.42 Å². The van der Waals surface area contributed by atoms with Gasteiger partial charge in [0.25, 0.3) is 0 Å². The van der Waals surface area contributed by atoms with Crippen LogP contribution in [0.2, 0.25) is 0 Å². The highest BCUT2D eigenvalue weighted by Gasteiger charge is 2.30. The number of hydrogen-bond donors (Lipinski definition) is 1. The maximum absolute atomic E-state index is 12.5. The Labute approximate surface area is 122 Å². The lowest BCUT2D eigenvalue weighted by molar-refractivity contribution is 0.227. The van der Waals surface area contributed by atoms with E-state index in [2.05, 4.69) is 18.6 Å². The molecule has 0 saturated heterocycles. The van der Waals surface area contributed by atoms with Gasteiger partial charge in [-0.15, -0.1) is 0 Å². The Morgan fingerprint density at radius 3 is 2.45 bits per heavy atom. The van der Waals surface area contributed by atoms with E-state index in [4.69, 9.17) is 0 Å². The monoisotopic (exact) mass is 295 g/mol. The van der Waals surface area contributed by atoms with Crippen LogP contribution in [0.15, 0.2) is 23.1 Å². The average Bonchev–Trinajstić information content (AvgIpc) is 2.38. The number of benzene rings is 1. The zero-order valence-corrected chi connectivity index (χ0v) is 13.6. The SMILES string of the molecule is Cc1ccc(S(=O)(=O)NC2CCCC(C)C2C)cc1C. The van der Waals surface area contributed by atoms with Gasteiger partial charge >= 0.3 is 0 Å². The maximum atomic E-state index is 12.5. The van der Waals surface area contributed by atoms with Crippen LogP contribution in [0, 0.1) is 25.7 Å². The first kappa shape index (κ1) is 15.5. The molecule has 2 rings (SSSR count). The summed E-state index contributed by atoms with van der Waals surface area (Å²) in [7, 11) is -3.41. The third kappa shape index (κ3) is 3.23. The minimum Gasteiger partial charge on any atom is -0.208 e. The normalized spacial score (nSPS) is 27.5. The predicted octanol–water partition coefficient (Wildman–Crippen LogP) is 3.41. The van der Waals surface area contributed by atoms with E-state index in [9.17, 15) is 8.42 Å². The standard InChI is InChI=1S/C16H25NO2S/c1-11-8-9-15(10-13(11)3)20(18,19)17-16-7-5-6-12(2)14(16)4/h8-10,12,14,16-17H,5-7H2,1-4H3. The van der Waals surface area contributed by atoms with E-state index in [1.54, 1.807) is 12.1 Å². The topological polar surface area (TPSA) is 46.2 Å². The second-order valence-corrected chi connectivity index (χ2v) is 7.96. The Hall–Kier alpha value is -0.870. The molecule has 20 heavy (non-hydrogen) atoms. The van der Waals surface area contributed by atoms with Gasteiger partial charge in [-0.25, -0.2) is 13.1 Å². The van der Waals surface area contributed by atoms with Crippen LogP contribution in [0.1, 0.15) is 44.2 Å². The molecule has 4 heteroatoms. The van der Waals surface area contributed by atoms with Gasteiger partial charge in [-0.3, -0.25) is 0 Å². The van der Waals surface area contributed by atoms with Gasteiger partial charge < -0.3 is 0 Å². The number of sulfonamides is 1. The van der Waals surface area contributed by atoms with Crippen molar-refractivity contribution in [2.75, 3.05) is 0 Å². The Morgan fingerprint density at radius 1 is 1.10 bits per heavy atom. The average molecular weight is 295 g/mol. The number of nitrogens with one attached hydrogen (secondary N) is 1. The largest absolute Gasteiger partial charge is 0.240 e. The Balaban J connectivity index is 2.20. The van der Waals surface area contributed by atoms with Crippen molar-refractivity contribution < 1.29 is 8.42 Å². The van der Waals surface area contributed by atoms with Crippen LogP contribution < -0.4 is 4.72 Å². The van der Waals surface area contributed by atoms with E-state index < -0.39 is 10.0 Å². The third-order valence-electron chi connectivity index (χ3n) is 4.80. The second kappa shape index (κ2) is 5.86. The molecule has 0 radical (unpaired) electrons. The minimum atomic E-state index is -3.41. The second-order valence-electron chi connectivity index (χ2n) is 6.24. The number of hydrogen-bond acceptors (Lipinski definition) is 2. The van der Waals surface area contributed by atoms with Crippen LogP contribution in [-0.2, 0) is 10.0 Å². The van der Waals surface area contributed by atoms with Gasteiger partial charge in [-0.05, 0) is 55.4 Å². The zero-order chi connectivity index (χ0) is 14.9. The summed E-state index contributed by atoms with van der Waals surface area (Å²) < 4.78 is 27.9. The molecule has 0 bridgehead atoms.